The number of rotatable bonds is 5. The lowest BCUT2D eigenvalue weighted by Gasteiger charge is -2.27. The van der Waals surface area contributed by atoms with Gasteiger partial charge in [0.05, 0.1) is 9.95 Å². The number of non-ortho nitro benzene ring substituents is 1. The quantitative estimate of drug-likeness (QED) is 0.200. The summed E-state index contributed by atoms with van der Waals surface area (Å²) in [5, 5.41) is 13.6. The maximum absolute atomic E-state index is 12.5. The molecule has 1 saturated heterocycles. The highest BCUT2D eigenvalue weighted by atomic mass is 35.5. The first-order valence-corrected chi connectivity index (χ1v) is 8.64. The first-order valence-electron chi connectivity index (χ1n) is 7.85. The van der Waals surface area contributed by atoms with Gasteiger partial charge in [-0.25, -0.2) is 0 Å². The van der Waals surface area contributed by atoms with Gasteiger partial charge in [-0.3, -0.25) is 29.9 Å². The molecule has 28 heavy (non-hydrogen) atoms. The number of nitrogens with zero attached hydrogens (tertiary/aromatic N) is 2. The molecule has 2 heterocycles. The van der Waals surface area contributed by atoms with Gasteiger partial charge in [0.15, 0.2) is 5.11 Å². The molecule has 1 N–H and O–H groups in total. The number of carbonyl (C=O) groups is 2. The zero-order valence-corrected chi connectivity index (χ0v) is 15.7. The molecule has 0 aliphatic carbocycles. The van der Waals surface area contributed by atoms with Gasteiger partial charge >= 0.3 is 0 Å². The van der Waals surface area contributed by atoms with Gasteiger partial charge in [0.2, 0.25) is 0 Å². The van der Waals surface area contributed by atoms with Gasteiger partial charge in [-0.2, -0.15) is 0 Å². The highest BCUT2D eigenvalue weighted by Crippen LogP contribution is 2.33. The summed E-state index contributed by atoms with van der Waals surface area (Å²) in [6.45, 7) is 3.69. The van der Waals surface area contributed by atoms with Gasteiger partial charge in [0.1, 0.15) is 17.1 Å². The maximum Gasteiger partial charge on any atom is 0.270 e. The third kappa shape index (κ3) is 3.71. The smallest absolute Gasteiger partial charge is 0.270 e. The molecule has 0 unspecified atom stereocenters. The Morgan fingerprint density at radius 2 is 2.07 bits per heavy atom. The second-order valence-electron chi connectivity index (χ2n) is 5.64. The van der Waals surface area contributed by atoms with Crippen LogP contribution in [-0.2, 0) is 9.59 Å². The summed E-state index contributed by atoms with van der Waals surface area (Å²) in [7, 11) is 0. The fourth-order valence-electron chi connectivity index (χ4n) is 2.52. The number of furan rings is 1. The standard InChI is InChI=1S/C18H12ClN3O5S/c1-2-7-21-17(24)13(16(23)20-18(21)28)9-11-4-6-15(27-11)12-8-10(22(25)26)3-5-14(12)19/h2-6,8-9H,1,7H2,(H,20,23,28). The van der Waals surface area contributed by atoms with E-state index in [1.807, 2.05) is 0 Å². The van der Waals surface area contributed by atoms with E-state index >= 15 is 0 Å². The highest BCUT2D eigenvalue weighted by Gasteiger charge is 2.32. The van der Waals surface area contributed by atoms with Crippen LogP contribution in [0.4, 0.5) is 5.69 Å². The van der Waals surface area contributed by atoms with Crippen LogP contribution in [0.3, 0.4) is 0 Å². The molecule has 3 rings (SSSR count). The Kier molecular flexibility index (Phi) is 5.39. The van der Waals surface area contributed by atoms with Gasteiger partial charge in [-0.15, -0.1) is 6.58 Å². The number of thiocarbonyl (C=S) groups is 1. The van der Waals surface area contributed by atoms with Crippen molar-refractivity contribution in [3.63, 3.8) is 0 Å². The van der Waals surface area contributed by atoms with E-state index in [9.17, 15) is 19.7 Å². The summed E-state index contributed by atoms with van der Waals surface area (Å²) in [5.74, 6) is -0.785. The average Bonchev–Trinajstić information content (AvgIpc) is 3.11. The minimum atomic E-state index is -0.651. The Labute approximate surface area is 169 Å². The van der Waals surface area contributed by atoms with Crippen LogP contribution < -0.4 is 5.32 Å². The number of hydrogen-bond acceptors (Lipinski definition) is 6. The molecule has 1 fully saturated rings. The van der Waals surface area contributed by atoms with Gasteiger partial charge < -0.3 is 4.42 Å². The van der Waals surface area contributed by atoms with Crippen LogP contribution in [0.25, 0.3) is 17.4 Å². The van der Waals surface area contributed by atoms with E-state index in [1.165, 1.54) is 47.4 Å². The van der Waals surface area contributed by atoms with Crippen molar-refractivity contribution in [3.05, 3.63) is 69.5 Å². The lowest BCUT2D eigenvalue weighted by atomic mass is 10.1. The number of nitro benzene ring substituents is 1. The number of nitrogens with one attached hydrogen (secondary N) is 1. The van der Waals surface area contributed by atoms with E-state index in [0.717, 1.165) is 0 Å². The van der Waals surface area contributed by atoms with E-state index in [0.29, 0.717) is 5.56 Å². The van der Waals surface area contributed by atoms with Gasteiger partial charge in [0, 0.05) is 24.2 Å². The molecule has 8 nitrogen and oxygen atoms in total. The van der Waals surface area contributed by atoms with Crippen LogP contribution in [0.2, 0.25) is 5.02 Å². The third-order valence-corrected chi connectivity index (χ3v) is 4.49. The summed E-state index contributed by atoms with van der Waals surface area (Å²) in [6.07, 6.45) is 2.75. The molecule has 0 bridgehead atoms. The Morgan fingerprint density at radius 1 is 1.32 bits per heavy atom. The number of hydrogen-bond donors (Lipinski definition) is 1. The monoisotopic (exact) mass is 417 g/mol. The summed E-state index contributed by atoms with van der Waals surface area (Å²) >= 11 is 11.1. The Balaban J connectivity index is 1.96. The molecule has 1 aromatic carbocycles. The van der Waals surface area contributed by atoms with E-state index < -0.39 is 16.7 Å². The van der Waals surface area contributed by atoms with E-state index in [1.54, 1.807) is 0 Å². The Bertz CT molecular complexity index is 1060. The number of nitro groups is 1. The molecule has 1 aliphatic rings. The summed E-state index contributed by atoms with van der Waals surface area (Å²) in [6, 6.07) is 7.00. The van der Waals surface area contributed by atoms with Crippen molar-refractivity contribution in [2.24, 2.45) is 0 Å². The molecule has 0 saturated carbocycles. The number of benzene rings is 1. The van der Waals surface area contributed by atoms with Crippen molar-refractivity contribution in [1.29, 1.82) is 0 Å². The van der Waals surface area contributed by atoms with Crippen molar-refractivity contribution < 1.29 is 18.9 Å². The lowest BCUT2D eigenvalue weighted by Crippen LogP contribution is -2.53. The first kappa shape index (κ1) is 19.5. The second kappa shape index (κ2) is 7.75. The van der Waals surface area contributed by atoms with Gasteiger partial charge in [-0.05, 0) is 36.5 Å². The Morgan fingerprint density at radius 3 is 2.75 bits per heavy atom. The lowest BCUT2D eigenvalue weighted by molar-refractivity contribution is -0.384. The van der Waals surface area contributed by atoms with Crippen molar-refractivity contribution in [2.45, 2.75) is 0 Å². The molecule has 142 valence electrons. The van der Waals surface area contributed by atoms with Crippen LogP contribution in [0.15, 0.2) is 53.0 Å². The SMILES string of the molecule is C=CCN1C(=O)C(=Cc2ccc(-c3cc([N+](=O)[O-])ccc3Cl)o2)C(=O)NC1=S. The van der Waals surface area contributed by atoms with E-state index in [2.05, 4.69) is 11.9 Å². The number of carbonyl (C=O) groups excluding carboxylic acids is 2. The van der Waals surface area contributed by atoms with Crippen molar-refractivity contribution >= 4 is 52.5 Å². The minimum Gasteiger partial charge on any atom is -0.457 e. The molecule has 2 aromatic rings. The molecular weight excluding hydrogens is 406 g/mol. The maximum atomic E-state index is 12.5. The number of amides is 2. The molecule has 0 spiro atoms. The van der Waals surface area contributed by atoms with Crippen molar-refractivity contribution in [3.8, 4) is 11.3 Å². The molecular formula is C18H12ClN3O5S. The second-order valence-corrected chi connectivity index (χ2v) is 6.44. The van der Waals surface area contributed by atoms with Gasteiger partial charge in [-0.1, -0.05) is 17.7 Å². The molecule has 10 heteroatoms. The number of halogens is 1. The summed E-state index contributed by atoms with van der Waals surface area (Å²) < 4.78 is 5.62. The average molecular weight is 418 g/mol. The van der Waals surface area contributed by atoms with Crippen molar-refractivity contribution in [1.82, 2.24) is 10.2 Å². The van der Waals surface area contributed by atoms with Crippen LogP contribution in [0.1, 0.15) is 5.76 Å². The Hall–Kier alpha value is -3.30. The third-order valence-electron chi connectivity index (χ3n) is 3.84. The molecule has 2 amide bonds. The predicted octanol–water partition coefficient (Wildman–Crippen LogP) is 3.32. The highest BCUT2D eigenvalue weighted by molar-refractivity contribution is 7.80. The predicted molar refractivity (Wildman–Crippen MR) is 106 cm³/mol. The molecule has 1 aromatic heterocycles. The molecule has 0 atom stereocenters. The van der Waals surface area contributed by atoms with Crippen LogP contribution >= 0.6 is 23.8 Å². The van der Waals surface area contributed by atoms with Crippen LogP contribution in [0.5, 0.6) is 0 Å². The topological polar surface area (TPSA) is 106 Å². The summed E-state index contributed by atoms with van der Waals surface area (Å²) in [5.41, 5.74) is 0.00186. The largest absolute Gasteiger partial charge is 0.457 e. The zero-order valence-electron chi connectivity index (χ0n) is 14.2. The minimum absolute atomic E-state index is 0.00411. The molecule has 1 aliphatic heterocycles. The van der Waals surface area contributed by atoms with Crippen LogP contribution in [-0.4, -0.2) is 33.3 Å². The van der Waals surface area contributed by atoms with Crippen LogP contribution in [0, 0.1) is 10.1 Å². The fourth-order valence-corrected chi connectivity index (χ4v) is 2.98. The van der Waals surface area contributed by atoms with Crippen molar-refractivity contribution in [2.75, 3.05) is 6.54 Å². The van der Waals surface area contributed by atoms with E-state index in [-0.39, 0.29) is 39.5 Å². The fraction of sp³-hybridized carbons (Fsp3) is 0.0556. The van der Waals surface area contributed by atoms with E-state index in [4.69, 9.17) is 28.2 Å². The molecule has 0 radical (unpaired) electrons. The normalized spacial score (nSPS) is 15.7. The first-order chi connectivity index (χ1) is 13.3. The van der Waals surface area contributed by atoms with Gasteiger partial charge in [0.25, 0.3) is 17.5 Å². The zero-order chi connectivity index (χ0) is 20.4. The summed E-state index contributed by atoms with van der Waals surface area (Å²) in [4.78, 5) is 36.3.